The number of para-hydroxylation sites is 1. The van der Waals surface area contributed by atoms with Gasteiger partial charge in [0.05, 0.1) is 0 Å². The Kier molecular flexibility index (Phi) is 5.21. The van der Waals surface area contributed by atoms with Crippen LogP contribution in [0.4, 0.5) is 0 Å². The summed E-state index contributed by atoms with van der Waals surface area (Å²) in [5.41, 5.74) is 7.31. The highest BCUT2D eigenvalue weighted by Crippen LogP contribution is 2.47. The van der Waals surface area contributed by atoms with E-state index in [0.717, 1.165) is 52.0 Å². The highest BCUT2D eigenvalue weighted by Gasteiger charge is 2.36. The van der Waals surface area contributed by atoms with Crippen LogP contribution >= 0.6 is 0 Å². The Balaban J connectivity index is 1.26. The fraction of sp³-hybridized carbons (Fsp3) is 0.128. The Morgan fingerprint density at radius 1 is 0.667 bits per heavy atom. The van der Waals surface area contributed by atoms with Crippen molar-refractivity contribution in [3.63, 3.8) is 0 Å². The molecule has 3 heteroatoms. The van der Waals surface area contributed by atoms with Crippen molar-refractivity contribution in [3.05, 3.63) is 144 Å². The molecule has 0 saturated carbocycles. The summed E-state index contributed by atoms with van der Waals surface area (Å²) < 4.78 is 6.47. The van der Waals surface area contributed by atoms with Gasteiger partial charge in [0.2, 0.25) is 0 Å². The summed E-state index contributed by atoms with van der Waals surface area (Å²) in [4.78, 5) is 10.7. The summed E-state index contributed by atoms with van der Waals surface area (Å²) in [5, 5.41) is 6.06. The monoisotopic (exact) mass is 540 g/mol. The van der Waals surface area contributed by atoms with Gasteiger partial charge in [-0.25, -0.2) is 9.97 Å². The highest BCUT2D eigenvalue weighted by molar-refractivity contribution is 6.07. The normalized spacial score (nSPS) is 19.8. The minimum absolute atomic E-state index is 0.170. The van der Waals surface area contributed by atoms with Gasteiger partial charge >= 0.3 is 0 Å². The zero-order chi connectivity index (χ0) is 27.6. The lowest BCUT2D eigenvalue weighted by Crippen LogP contribution is -2.20. The lowest BCUT2D eigenvalue weighted by molar-refractivity contribution is 0.438. The zero-order valence-corrected chi connectivity index (χ0v) is 23.1. The van der Waals surface area contributed by atoms with Gasteiger partial charge in [0.25, 0.3) is 0 Å². The van der Waals surface area contributed by atoms with Crippen LogP contribution in [0.5, 0.6) is 0 Å². The maximum atomic E-state index is 6.47. The molecule has 0 bridgehead atoms. The zero-order valence-electron chi connectivity index (χ0n) is 23.1. The number of allylic oxidation sites excluding steroid dienone is 4. The summed E-state index contributed by atoms with van der Waals surface area (Å²) in [7, 11) is 0. The molecule has 0 amide bonds. The summed E-state index contributed by atoms with van der Waals surface area (Å²) in [6.45, 7) is 0. The molecule has 2 aliphatic carbocycles. The molecule has 2 aromatic heterocycles. The number of fused-ring (bicyclic) bond motifs is 8. The van der Waals surface area contributed by atoms with Gasteiger partial charge in [0.15, 0.2) is 5.58 Å². The molecule has 0 fully saturated rings. The average Bonchev–Trinajstić information content (AvgIpc) is 3.35. The van der Waals surface area contributed by atoms with E-state index in [1.54, 1.807) is 0 Å². The first-order valence-corrected chi connectivity index (χ1v) is 14.8. The van der Waals surface area contributed by atoms with E-state index in [-0.39, 0.29) is 17.8 Å². The SMILES string of the molecule is C1=CC2c3cc4ccccc4cc3CCC(c3nc(-c4ccc5ccccc5c4)c4oc5ccccc5c4n3)C2C=C1. The molecular formula is C39H28N2O. The van der Waals surface area contributed by atoms with E-state index in [2.05, 4.69) is 115 Å². The molecule has 0 N–H and O–H groups in total. The van der Waals surface area contributed by atoms with Crippen LogP contribution in [0.15, 0.2) is 132 Å². The van der Waals surface area contributed by atoms with Crippen molar-refractivity contribution in [2.45, 2.75) is 24.7 Å². The van der Waals surface area contributed by atoms with Crippen molar-refractivity contribution in [1.29, 1.82) is 0 Å². The molecule has 9 rings (SSSR count). The standard InChI is InChI=1S/C39H28N2O/c1-2-10-25-22-29(18-17-24(25)9-1)36-38-37(33-15-7-8-16-35(33)42-38)41-39(40-36)32-20-19-28-21-26-11-3-4-12-27(26)23-34(28)31-14-6-5-13-30(31)32/h1-18,21-23,30-32H,19-20H2. The Hall–Kier alpha value is -5.02. The lowest BCUT2D eigenvalue weighted by atomic mass is 9.75. The van der Waals surface area contributed by atoms with E-state index in [1.807, 2.05) is 12.1 Å². The number of aryl methyl sites for hydroxylation is 1. The number of furan rings is 1. The number of aromatic nitrogens is 2. The second kappa shape index (κ2) is 9.25. The van der Waals surface area contributed by atoms with Crippen LogP contribution in [0.2, 0.25) is 0 Å². The summed E-state index contributed by atoms with van der Waals surface area (Å²) in [6, 6.07) is 36.8. The van der Waals surface area contributed by atoms with E-state index in [9.17, 15) is 0 Å². The van der Waals surface area contributed by atoms with Crippen LogP contribution < -0.4 is 0 Å². The fourth-order valence-corrected chi connectivity index (χ4v) is 7.26. The largest absolute Gasteiger partial charge is 0.452 e. The van der Waals surface area contributed by atoms with Crippen LogP contribution in [0.1, 0.15) is 35.2 Å². The molecule has 2 heterocycles. The maximum absolute atomic E-state index is 6.47. The van der Waals surface area contributed by atoms with Crippen LogP contribution in [0, 0.1) is 5.92 Å². The molecule has 0 aliphatic heterocycles. The first-order chi connectivity index (χ1) is 20.8. The molecule has 5 aromatic carbocycles. The summed E-state index contributed by atoms with van der Waals surface area (Å²) in [6.07, 6.45) is 11.2. The topological polar surface area (TPSA) is 38.9 Å². The predicted molar refractivity (Wildman–Crippen MR) is 172 cm³/mol. The number of benzene rings is 5. The van der Waals surface area contributed by atoms with E-state index in [4.69, 9.17) is 14.4 Å². The van der Waals surface area contributed by atoms with Crippen molar-refractivity contribution in [2.75, 3.05) is 0 Å². The predicted octanol–water partition coefficient (Wildman–Crippen LogP) is 9.91. The van der Waals surface area contributed by atoms with Crippen LogP contribution in [-0.4, -0.2) is 9.97 Å². The second-order valence-electron chi connectivity index (χ2n) is 11.7. The first-order valence-electron chi connectivity index (χ1n) is 14.8. The van der Waals surface area contributed by atoms with Crippen molar-refractivity contribution in [1.82, 2.24) is 9.97 Å². The van der Waals surface area contributed by atoms with E-state index < -0.39 is 0 Å². The van der Waals surface area contributed by atoms with Gasteiger partial charge in [0, 0.05) is 22.8 Å². The number of nitrogens with zero attached hydrogens (tertiary/aromatic N) is 2. The quantitative estimate of drug-likeness (QED) is 0.219. The molecule has 3 nitrogen and oxygen atoms in total. The van der Waals surface area contributed by atoms with Crippen LogP contribution in [0.3, 0.4) is 0 Å². The number of rotatable bonds is 2. The Morgan fingerprint density at radius 3 is 2.29 bits per heavy atom. The van der Waals surface area contributed by atoms with Gasteiger partial charge in [-0.1, -0.05) is 109 Å². The Bertz CT molecular complexity index is 2240. The molecular weight excluding hydrogens is 512 g/mol. The molecule has 0 spiro atoms. The van der Waals surface area contributed by atoms with Gasteiger partial charge in [-0.05, 0) is 69.6 Å². The minimum Gasteiger partial charge on any atom is -0.452 e. The third-order valence-electron chi connectivity index (χ3n) is 9.33. The molecule has 7 aromatic rings. The maximum Gasteiger partial charge on any atom is 0.180 e. The third kappa shape index (κ3) is 3.66. The van der Waals surface area contributed by atoms with Crippen LogP contribution in [-0.2, 0) is 6.42 Å². The smallest absolute Gasteiger partial charge is 0.180 e. The lowest BCUT2D eigenvalue weighted by Gasteiger charge is -2.29. The first kappa shape index (κ1) is 23.7. The summed E-state index contributed by atoms with van der Waals surface area (Å²) in [5.74, 6) is 1.64. The van der Waals surface area contributed by atoms with Gasteiger partial charge < -0.3 is 4.42 Å². The average molecular weight is 541 g/mol. The second-order valence-corrected chi connectivity index (χ2v) is 11.7. The number of hydrogen-bond acceptors (Lipinski definition) is 3. The molecule has 3 atom stereocenters. The molecule has 42 heavy (non-hydrogen) atoms. The van der Waals surface area contributed by atoms with Gasteiger partial charge in [0.1, 0.15) is 22.6 Å². The highest BCUT2D eigenvalue weighted by atomic mass is 16.3. The van der Waals surface area contributed by atoms with Gasteiger partial charge in [-0.2, -0.15) is 0 Å². The fourth-order valence-electron chi connectivity index (χ4n) is 7.26. The van der Waals surface area contributed by atoms with Crippen molar-refractivity contribution in [3.8, 4) is 11.3 Å². The van der Waals surface area contributed by atoms with Crippen molar-refractivity contribution >= 4 is 43.6 Å². The Morgan fingerprint density at radius 2 is 1.40 bits per heavy atom. The minimum atomic E-state index is 0.170. The molecule has 0 saturated heterocycles. The van der Waals surface area contributed by atoms with E-state index in [1.165, 1.54) is 32.7 Å². The molecule has 2 aliphatic rings. The third-order valence-corrected chi connectivity index (χ3v) is 9.33. The van der Waals surface area contributed by atoms with Gasteiger partial charge in [-0.3, -0.25) is 0 Å². The summed E-state index contributed by atoms with van der Waals surface area (Å²) >= 11 is 0. The number of hydrogen-bond donors (Lipinski definition) is 0. The molecule has 0 radical (unpaired) electrons. The van der Waals surface area contributed by atoms with Crippen molar-refractivity contribution in [2.24, 2.45) is 5.92 Å². The van der Waals surface area contributed by atoms with Crippen LogP contribution in [0.25, 0.3) is 54.9 Å². The van der Waals surface area contributed by atoms with Crippen molar-refractivity contribution < 1.29 is 4.42 Å². The Labute approximate surface area is 243 Å². The van der Waals surface area contributed by atoms with E-state index in [0.29, 0.717) is 0 Å². The molecule has 3 unspecified atom stereocenters. The van der Waals surface area contributed by atoms with E-state index >= 15 is 0 Å². The van der Waals surface area contributed by atoms with Gasteiger partial charge in [-0.15, -0.1) is 0 Å². The molecule has 200 valence electrons.